The van der Waals surface area contributed by atoms with Crippen LogP contribution in [-0.4, -0.2) is 9.97 Å². The van der Waals surface area contributed by atoms with Crippen molar-refractivity contribution >= 4 is 57.9 Å². The van der Waals surface area contributed by atoms with Gasteiger partial charge in [0.15, 0.2) is 0 Å². The van der Waals surface area contributed by atoms with E-state index in [0.717, 1.165) is 18.4 Å². The maximum Gasteiger partial charge on any atom is 0.138 e. The Kier molecular flexibility index (Phi) is 5.55. The van der Waals surface area contributed by atoms with Gasteiger partial charge in [0.25, 0.3) is 0 Å². The number of benzene rings is 1. The van der Waals surface area contributed by atoms with E-state index in [1.807, 2.05) is 6.92 Å². The number of halogens is 4. The van der Waals surface area contributed by atoms with Crippen molar-refractivity contribution in [2.24, 2.45) is 0 Å². The van der Waals surface area contributed by atoms with Crippen LogP contribution in [0.5, 0.6) is 0 Å². The van der Waals surface area contributed by atoms with Crippen LogP contribution in [0, 0.1) is 6.92 Å². The Morgan fingerprint density at radius 2 is 1.67 bits per heavy atom. The minimum Gasteiger partial charge on any atom is -0.339 e. The van der Waals surface area contributed by atoms with E-state index in [-0.39, 0.29) is 0 Å². The first kappa shape index (κ1) is 16.6. The number of aromatic nitrogens is 2. The van der Waals surface area contributed by atoms with Crippen molar-refractivity contribution in [2.45, 2.75) is 26.7 Å². The van der Waals surface area contributed by atoms with Crippen LogP contribution in [0.1, 0.15) is 24.7 Å². The summed E-state index contributed by atoms with van der Waals surface area (Å²) < 4.78 is 0. The number of nitrogens with zero attached hydrogens (tertiary/aromatic N) is 2. The molecule has 0 saturated heterocycles. The molecule has 2 aromatic rings. The lowest BCUT2D eigenvalue weighted by atomic mass is 10.2. The molecular formula is C14H13Cl4N3. The van der Waals surface area contributed by atoms with Crippen LogP contribution >= 0.6 is 46.4 Å². The summed E-state index contributed by atoms with van der Waals surface area (Å²) in [4.78, 5) is 8.72. The van der Waals surface area contributed by atoms with E-state index < -0.39 is 0 Å². The Balaban J connectivity index is 2.41. The van der Waals surface area contributed by atoms with Gasteiger partial charge in [-0.05, 0) is 25.5 Å². The van der Waals surface area contributed by atoms with Crippen molar-refractivity contribution in [1.29, 1.82) is 0 Å². The van der Waals surface area contributed by atoms with Crippen LogP contribution < -0.4 is 5.32 Å². The van der Waals surface area contributed by atoms with Crippen molar-refractivity contribution in [1.82, 2.24) is 9.97 Å². The van der Waals surface area contributed by atoms with Crippen LogP contribution in [0.3, 0.4) is 0 Å². The molecule has 0 unspecified atom stereocenters. The summed E-state index contributed by atoms with van der Waals surface area (Å²) in [6, 6.07) is 3.24. The zero-order valence-corrected chi connectivity index (χ0v) is 14.5. The molecule has 0 atom stereocenters. The van der Waals surface area contributed by atoms with Gasteiger partial charge in [0.1, 0.15) is 16.8 Å². The lowest BCUT2D eigenvalue weighted by molar-refractivity contribution is 0.833. The molecule has 0 amide bonds. The number of nitrogens with one attached hydrogen (secondary N) is 1. The molecule has 7 heteroatoms. The van der Waals surface area contributed by atoms with E-state index in [0.29, 0.717) is 37.6 Å². The monoisotopic (exact) mass is 363 g/mol. The highest BCUT2D eigenvalue weighted by atomic mass is 35.5. The van der Waals surface area contributed by atoms with Crippen molar-refractivity contribution in [3.05, 3.63) is 43.7 Å². The van der Waals surface area contributed by atoms with Gasteiger partial charge in [0.2, 0.25) is 0 Å². The molecule has 0 aliphatic carbocycles. The third-order valence-electron chi connectivity index (χ3n) is 2.87. The van der Waals surface area contributed by atoms with Gasteiger partial charge in [0.05, 0.1) is 20.8 Å². The number of hydrogen-bond donors (Lipinski definition) is 1. The highest BCUT2D eigenvalue weighted by Gasteiger charge is 2.12. The number of anilines is 2. The normalized spacial score (nSPS) is 10.8. The zero-order chi connectivity index (χ0) is 15.6. The Morgan fingerprint density at radius 3 is 2.33 bits per heavy atom. The fourth-order valence-corrected chi connectivity index (χ4v) is 2.52. The van der Waals surface area contributed by atoms with Gasteiger partial charge < -0.3 is 5.32 Å². The van der Waals surface area contributed by atoms with Gasteiger partial charge in [0, 0.05) is 12.0 Å². The second-order valence-corrected chi connectivity index (χ2v) is 6.11. The Bertz CT molecular complexity index is 674. The van der Waals surface area contributed by atoms with E-state index in [1.54, 1.807) is 12.1 Å². The molecule has 3 nitrogen and oxygen atoms in total. The van der Waals surface area contributed by atoms with E-state index in [9.17, 15) is 0 Å². The van der Waals surface area contributed by atoms with Gasteiger partial charge in [-0.1, -0.05) is 53.3 Å². The summed E-state index contributed by atoms with van der Waals surface area (Å²) in [6.45, 7) is 3.89. The number of hydrogen-bond acceptors (Lipinski definition) is 3. The van der Waals surface area contributed by atoms with Crippen molar-refractivity contribution in [3.8, 4) is 0 Å². The third kappa shape index (κ3) is 3.92. The SMILES string of the molecule is CCCc1nc(Cl)c(C)c(Nc2cc(Cl)c(Cl)cc2Cl)n1. The average Bonchev–Trinajstić information content (AvgIpc) is 2.42. The van der Waals surface area contributed by atoms with E-state index >= 15 is 0 Å². The second kappa shape index (κ2) is 7.01. The zero-order valence-electron chi connectivity index (χ0n) is 11.5. The molecular weight excluding hydrogens is 352 g/mol. The number of aryl methyl sites for hydroxylation is 1. The minimum atomic E-state index is 0.399. The topological polar surface area (TPSA) is 37.8 Å². The van der Waals surface area contributed by atoms with Gasteiger partial charge >= 0.3 is 0 Å². The molecule has 2 rings (SSSR count). The summed E-state index contributed by atoms with van der Waals surface area (Å²) in [6.07, 6.45) is 1.69. The van der Waals surface area contributed by atoms with Crippen LogP contribution in [-0.2, 0) is 6.42 Å². The lowest BCUT2D eigenvalue weighted by Gasteiger charge is -2.13. The van der Waals surface area contributed by atoms with E-state index in [1.165, 1.54) is 0 Å². The van der Waals surface area contributed by atoms with Gasteiger partial charge in [-0.2, -0.15) is 0 Å². The molecule has 0 radical (unpaired) electrons. The minimum absolute atomic E-state index is 0.399. The highest BCUT2D eigenvalue weighted by Crippen LogP contribution is 2.34. The lowest BCUT2D eigenvalue weighted by Crippen LogP contribution is -2.04. The van der Waals surface area contributed by atoms with Crippen LogP contribution in [0.2, 0.25) is 20.2 Å². The molecule has 0 fully saturated rings. The van der Waals surface area contributed by atoms with E-state index in [2.05, 4.69) is 22.2 Å². The van der Waals surface area contributed by atoms with Gasteiger partial charge in [-0.3, -0.25) is 0 Å². The molecule has 21 heavy (non-hydrogen) atoms. The van der Waals surface area contributed by atoms with Gasteiger partial charge in [-0.25, -0.2) is 9.97 Å². The first-order valence-electron chi connectivity index (χ1n) is 6.37. The fourth-order valence-electron chi connectivity index (χ4n) is 1.74. The quantitative estimate of drug-likeness (QED) is 0.526. The predicted molar refractivity (Wildman–Crippen MR) is 90.5 cm³/mol. The Labute approximate surface area is 143 Å². The van der Waals surface area contributed by atoms with Crippen LogP contribution in [0.4, 0.5) is 11.5 Å². The van der Waals surface area contributed by atoms with E-state index in [4.69, 9.17) is 46.4 Å². The summed E-state index contributed by atoms with van der Waals surface area (Å²) in [5.74, 6) is 1.30. The Morgan fingerprint density at radius 1 is 1.00 bits per heavy atom. The molecule has 0 aliphatic rings. The number of rotatable bonds is 4. The van der Waals surface area contributed by atoms with Gasteiger partial charge in [-0.15, -0.1) is 0 Å². The van der Waals surface area contributed by atoms with Crippen LogP contribution in [0.15, 0.2) is 12.1 Å². The first-order valence-corrected chi connectivity index (χ1v) is 7.88. The molecule has 0 saturated carbocycles. The smallest absolute Gasteiger partial charge is 0.138 e. The molecule has 1 heterocycles. The molecule has 1 N–H and O–H groups in total. The average molecular weight is 365 g/mol. The predicted octanol–water partition coefficient (Wildman–Crippen LogP) is 6.09. The fraction of sp³-hybridized carbons (Fsp3) is 0.286. The molecule has 1 aromatic carbocycles. The summed E-state index contributed by atoms with van der Waals surface area (Å²) in [7, 11) is 0. The molecule has 0 aliphatic heterocycles. The summed E-state index contributed by atoms with van der Waals surface area (Å²) in [5.41, 5.74) is 1.37. The van der Waals surface area contributed by atoms with Crippen molar-refractivity contribution in [3.63, 3.8) is 0 Å². The standard InChI is InChI=1S/C14H13Cl4N3/c1-3-4-12-20-13(18)7(2)14(21-12)19-11-6-9(16)8(15)5-10(11)17/h5-6H,3-4H2,1-2H3,(H,19,20,21). The first-order chi connectivity index (χ1) is 9.92. The Hall–Kier alpha value is -0.740. The summed E-state index contributed by atoms with van der Waals surface area (Å²) in [5, 5.41) is 4.83. The molecule has 0 spiro atoms. The largest absolute Gasteiger partial charge is 0.339 e. The molecule has 0 bridgehead atoms. The third-order valence-corrected chi connectivity index (χ3v) is 4.27. The maximum absolute atomic E-state index is 6.16. The molecule has 112 valence electrons. The maximum atomic E-state index is 6.16. The second-order valence-electron chi connectivity index (χ2n) is 4.53. The molecule has 1 aromatic heterocycles. The van der Waals surface area contributed by atoms with Crippen LogP contribution in [0.25, 0.3) is 0 Å². The summed E-state index contributed by atoms with van der Waals surface area (Å²) >= 11 is 24.2. The van der Waals surface area contributed by atoms with Crippen molar-refractivity contribution < 1.29 is 0 Å². The van der Waals surface area contributed by atoms with Crippen molar-refractivity contribution in [2.75, 3.05) is 5.32 Å². The highest BCUT2D eigenvalue weighted by molar-refractivity contribution is 6.44.